The zero-order valence-corrected chi connectivity index (χ0v) is 35.4. The maximum absolute atomic E-state index is 5.29. The number of hydrogen-bond acceptors (Lipinski definition) is 3. The van der Waals surface area contributed by atoms with Gasteiger partial charge in [-0.05, 0) is 121 Å². The predicted molar refractivity (Wildman–Crippen MR) is 251 cm³/mol. The molecular formula is C59H41N5. The molecule has 4 aromatic heterocycles. The largest absolute Gasteiger partial charge is 0.354 e. The number of pyridine rings is 3. The van der Waals surface area contributed by atoms with Crippen LogP contribution in [0.25, 0.3) is 33.4 Å². The zero-order chi connectivity index (χ0) is 42.6. The number of imidazole rings is 1. The SMILES string of the molecule is Cc1ccnc(C2(c3cncc(C4(c5cncc(C6(n7[c-][n+](C)cc7)c7ccccc7-c7ccccc76)c5)c5ccccc5-c5ccccc54)c3)c3ccccc3-c3ccccc32)c1. The van der Waals surface area contributed by atoms with Crippen molar-refractivity contribution in [3.63, 3.8) is 0 Å². The quantitative estimate of drug-likeness (QED) is 0.124. The van der Waals surface area contributed by atoms with Gasteiger partial charge in [-0.25, -0.2) is 0 Å². The van der Waals surface area contributed by atoms with Crippen LogP contribution in [0.4, 0.5) is 0 Å². The Morgan fingerprint density at radius 1 is 0.453 bits per heavy atom. The van der Waals surface area contributed by atoms with Crippen LogP contribution in [0.3, 0.4) is 0 Å². The highest BCUT2D eigenvalue weighted by molar-refractivity contribution is 5.89. The summed E-state index contributed by atoms with van der Waals surface area (Å²) >= 11 is 0. The van der Waals surface area contributed by atoms with Crippen molar-refractivity contribution in [2.45, 2.75) is 23.3 Å². The van der Waals surface area contributed by atoms with E-state index in [-0.39, 0.29) is 0 Å². The Morgan fingerprint density at radius 3 is 1.30 bits per heavy atom. The van der Waals surface area contributed by atoms with E-state index >= 15 is 0 Å². The summed E-state index contributed by atoms with van der Waals surface area (Å²) in [6, 6.07) is 62.3. The summed E-state index contributed by atoms with van der Waals surface area (Å²) < 4.78 is 4.25. The molecule has 0 spiro atoms. The van der Waals surface area contributed by atoms with E-state index in [0.29, 0.717) is 0 Å². The fourth-order valence-electron chi connectivity index (χ4n) is 11.9. The van der Waals surface area contributed by atoms with Gasteiger partial charge in [0.2, 0.25) is 6.33 Å². The van der Waals surface area contributed by atoms with Crippen LogP contribution in [-0.4, -0.2) is 19.5 Å². The minimum absolute atomic E-state index is 0.734. The van der Waals surface area contributed by atoms with Crippen LogP contribution in [0.2, 0.25) is 0 Å². The van der Waals surface area contributed by atoms with Crippen LogP contribution in [-0.2, 0) is 23.4 Å². The second-order valence-corrected chi connectivity index (χ2v) is 17.5. The Hall–Kier alpha value is -8.02. The Morgan fingerprint density at radius 2 is 0.844 bits per heavy atom. The van der Waals surface area contributed by atoms with E-state index in [0.717, 1.165) is 33.5 Å². The van der Waals surface area contributed by atoms with Crippen LogP contribution in [0, 0.1) is 13.3 Å². The van der Waals surface area contributed by atoms with E-state index in [4.69, 9.17) is 15.0 Å². The number of aryl methyl sites for hydroxylation is 2. The summed E-state index contributed by atoms with van der Waals surface area (Å²) in [5.41, 5.74) is 18.5. The van der Waals surface area contributed by atoms with Gasteiger partial charge in [-0.15, -0.1) is 0 Å². The van der Waals surface area contributed by atoms with Gasteiger partial charge in [-0.3, -0.25) is 15.0 Å². The molecule has 0 aliphatic heterocycles. The molecule has 0 fully saturated rings. The Labute approximate surface area is 372 Å². The average molecular weight is 820 g/mol. The number of benzene rings is 6. The van der Waals surface area contributed by atoms with Crippen molar-refractivity contribution in [3.8, 4) is 33.4 Å². The molecule has 3 aliphatic carbocycles. The monoisotopic (exact) mass is 819 g/mol. The lowest BCUT2D eigenvalue weighted by Crippen LogP contribution is -2.38. The molecule has 0 unspecified atom stereocenters. The predicted octanol–water partition coefficient (Wildman–Crippen LogP) is 11.2. The first kappa shape index (κ1) is 36.6. The lowest BCUT2D eigenvalue weighted by molar-refractivity contribution is -0.675. The van der Waals surface area contributed by atoms with Crippen LogP contribution in [0.1, 0.15) is 66.9 Å². The highest BCUT2D eigenvalue weighted by atomic mass is 15.2. The van der Waals surface area contributed by atoms with E-state index in [9.17, 15) is 0 Å². The summed E-state index contributed by atoms with van der Waals surface area (Å²) in [5.74, 6) is 0. The lowest BCUT2D eigenvalue weighted by Gasteiger charge is -2.37. The number of nitrogens with zero attached hydrogens (tertiary/aromatic N) is 5. The molecule has 5 heteroatoms. The van der Waals surface area contributed by atoms with Crippen molar-refractivity contribution < 1.29 is 4.57 Å². The van der Waals surface area contributed by atoms with Gasteiger partial charge >= 0.3 is 0 Å². The van der Waals surface area contributed by atoms with E-state index in [1.807, 2.05) is 17.8 Å². The maximum atomic E-state index is 5.29. The van der Waals surface area contributed by atoms with E-state index < -0.39 is 16.4 Å². The van der Waals surface area contributed by atoms with Crippen molar-refractivity contribution in [1.29, 1.82) is 0 Å². The van der Waals surface area contributed by atoms with Gasteiger partial charge in [0.15, 0.2) is 5.54 Å². The van der Waals surface area contributed by atoms with Gasteiger partial charge in [-0.1, -0.05) is 146 Å². The lowest BCUT2D eigenvalue weighted by atomic mass is 9.65. The van der Waals surface area contributed by atoms with Crippen molar-refractivity contribution in [2.24, 2.45) is 7.05 Å². The van der Waals surface area contributed by atoms with Crippen LogP contribution >= 0.6 is 0 Å². The fourth-order valence-corrected chi connectivity index (χ4v) is 11.9. The minimum atomic E-state index is -0.804. The third-order valence-electron chi connectivity index (χ3n) is 14.4. The van der Waals surface area contributed by atoms with Gasteiger partial charge in [0.25, 0.3) is 0 Å². The Kier molecular flexibility index (Phi) is 7.72. The highest BCUT2D eigenvalue weighted by Gasteiger charge is 2.53. The second kappa shape index (κ2) is 13.5. The van der Waals surface area contributed by atoms with Gasteiger partial charge < -0.3 is 9.13 Å². The summed E-state index contributed by atoms with van der Waals surface area (Å²) in [7, 11) is 2.03. The zero-order valence-electron chi connectivity index (χ0n) is 35.4. The molecule has 4 heterocycles. The molecule has 302 valence electrons. The topological polar surface area (TPSA) is 47.5 Å². The highest BCUT2D eigenvalue weighted by Crippen LogP contribution is 2.60. The number of rotatable bonds is 6. The smallest absolute Gasteiger partial charge is 0.204 e. The summed E-state index contributed by atoms with van der Waals surface area (Å²) in [5, 5.41) is 0. The van der Waals surface area contributed by atoms with Crippen LogP contribution < -0.4 is 4.57 Å². The van der Waals surface area contributed by atoms with Crippen molar-refractivity contribution in [1.82, 2.24) is 19.5 Å². The standard InChI is InChI=1S/C59H41N5/c1-39-27-28-62-56(31-39)58(52-23-11-5-17-46(52)47-18-6-12-24-53(47)58)42-32-40(34-60-36-42)57(50-21-9-3-15-44(50)45-16-4-10-22-51(45)57)41-33-43(37-61-35-41)59(64-30-29-63(2)38-64)54-25-13-7-19-48(54)49-20-8-14-26-55(49)59/h3-37H,1-2H3. The molecule has 0 N–H and O–H groups in total. The number of hydrogen-bond donors (Lipinski definition) is 0. The molecule has 3 aliphatic rings. The third kappa shape index (κ3) is 4.63. The first-order valence-electron chi connectivity index (χ1n) is 22.0. The fraction of sp³-hybridized carbons (Fsp3) is 0.0847. The molecule has 64 heavy (non-hydrogen) atoms. The van der Waals surface area contributed by atoms with Gasteiger partial charge in [0.1, 0.15) is 0 Å². The van der Waals surface area contributed by atoms with Gasteiger partial charge in [0.05, 0.1) is 23.6 Å². The van der Waals surface area contributed by atoms with Crippen molar-refractivity contribution in [3.05, 3.63) is 286 Å². The van der Waals surface area contributed by atoms with Gasteiger partial charge in [0, 0.05) is 47.7 Å². The second-order valence-electron chi connectivity index (χ2n) is 17.5. The molecule has 6 aromatic carbocycles. The van der Waals surface area contributed by atoms with Crippen molar-refractivity contribution in [2.75, 3.05) is 0 Å². The molecule has 0 radical (unpaired) electrons. The third-order valence-corrected chi connectivity index (χ3v) is 14.4. The summed E-state index contributed by atoms with van der Waals surface area (Å²) in [6.07, 6.45) is 18.2. The molecule has 0 saturated carbocycles. The molecule has 0 amide bonds. The van der Waals surface area contributed by atoms with Gasteiger partial charge in [-0.2, -0.15) is 0 Å². The van der Waals surface area contributed by atoms with E-state index in [1.165, 1.54) is 66.8 Å². The Balaban J connectivity index is 1.14. The minimum Gasteiger partial charge on any atom is -0.354 e. The Bertz CT molecular complexity index is 3390. The summed E-state index contributed by atoms with van der Waals surface area (Å²) in [4.78, 5) is 15.8. The van der Waals surface area contributed by atoms with Crippen molar-refractivity contribution >= 4 is 0 Å². The normalized spacial score (nSPS) is 15.1. The molecule has 13 rings (SSSR count). The first-order chi connectivity index (χ1) is 31.5. The molecule has 0 atom stereocenters. The molecule has 0 bridgehead atoms. The molecule has 10 aromatic rings. The molecular weight excluding hydrogens is 779 g/mol. The first-order valence-corrected chi connectivity index (χ1v) is 22.0. The molecule has 5 nitrogen and oxygen atoms in total. The average Bonchev–Trinajstić information content (AvgIpc) is 4.09. The molecule has 0 saturated heterocycles. The van der Waals surface area contributed by atoms with E-state index in [1.54, 1.807) is 0 Å². The van der Waals surface area contributed by atoms with E-state index in [2.05, 4.69) is 225 Å². The number of fused-ring (bicyclic) bond motifs is 9. The maximum Gasteiger partial charge on any atom is 0.204 e. The summed E-state index contributed by atoms with van der Waals surface area (Å²) in [6.45, 7) is 2.15. The number of aromatic nitrogens is 5. The van der Waals surface area contributed by atoms with Crippen LogP contribution in [0.15, 0.2) is 213 Å². The van der Waals surface area contributed by atoms with Crippen LogP contribution in [0.5, 0.6) is 0 Å².